The van der Waals surface area contributed by atoms with Crippen LogP contribution in [0.5, 0.6) is 0 Å². The Kier molecular flexibility index (Phi) is 13.1. The van der Waals surface area contributed by atoms with E-state index in [1.165, 1.54) is 0 Å². The van der Waals surface area contributed by atoms with Crippen LogP contribution in [-0.4, -0.2) is 12.3 Å². The van der Waals surface area contributed by atoms with E-state index in [-0.39, 0.29) is 0 Å². The first kappa shape index (κ1) is 29.6. The maximum absolute atomic E-state index is 12.9. The topological polar surface area (TPSA) is 34.1 Å². The molecule has 0 amide bonds. The zero-order chi connectivity index (χ0) is 25.6. The van der Waals surface area contributed by atoms with Crippen molar-refractivity contribution in [3.8, 4) is 0 Å². The van der Waals surface area contributed by atoms with Crippen LogP contribution in [0.15, 0.2) is 121 Å². The fraction of sp³-hybridized carbons (Fsp3) is 0.0714. The Morgan fingerprint density at radius 1 is 0.486 bits per heavy atom. The van der Waals surface area contributed by atoms with Crippen LogP contribution in [0.3, 0.4) is 0 Å². The van der Waals surface area contributed by atoms with Gasteiger partial charge in [0.15, 0.2) is 0 Å². The molecule has 0 aromatic heterocycles. The van der Waals surface area contributed by atoms with E-state index in [1.807, 2.05) is 121 Å². The van der Waals surface area contributed by atoms with Crippen LogP contribution in [0.4, 0.5) is 0 Å². The molecular formula is C28H28Cl2NiO2P2. The number of hydrogen-bond donors (Lipinski definition) is 0. The molecule has 0 heterocycles. The fourth-order valence-electron chi connectivity index (χ4n) is 3.49. The van der Waals surface area contributed by atoms with Gasteiger partial charge in [-0.3, -0.25) is 0 Å². The van der Waals surface area contributed by atoms with E-state index in [4.69, 9.17) is 20.4 Å². The van der Waals surface area contributed by atoms with Crippen molar-refractivity contribution >= 4 is 55.9 Å². The van der Waals surface area contributed by atoms with Crippen LogP contribution in [0.25, 0.3) is 0 Å². The van der Waals surface area contributed by atoms with Gasteiger partial charge >= 0.3 is 33.0 Å². The van der Waals surface area contributed by atoms with E-state index < -0.39 is 14.3 Å². The van der Waals surface area contributed by atoms with Gasteiger partial charge in [-0.1, -0.05) is 121 Å². The van der Waals surface area contributed by atoms with Gasteiger partial charge in [0.1, 0.15) is 14.3 Å². The van der Waals surface area contributed by atoms with Crippen molar-refractivity contribution in [2.24, 2.45) is 0 Å². The van der Waals surface area contributed by atoms with Gasteiger partial charge in [0.25, 0.3) is 0 Å². The molecule has 0 aliphatic rings. The zero-order valence-electron chi connectivity index (χ0n) is 19.2. The molecule has 4 rings (SSSR count). The van der Waals surface area contributed by atoms with Crippen molar-refractivity contribution in [1.82, 2.24) is 0 Å². The SMILES string of the molecule is [CH2-]CP(=O)(c1ccccc1)c1ccccc1.[CH2-]CP(=O)(c1ccccc1)c1ccccc1.[Cl][Ni+2][Cl]. The minimum atomic E-state index is -2.52. The van der Waals surface area contributed by atoms with Crippen LogP contribution in [0, 0.1) is 13.8 Å². The Labute approximate surface area is 224 Å². The summed E-state index contributed by atoms with van der Waals surface area (Å²) in [6, 6.07) is 38.4. The number of hydrogen-bond acceptors (Lipinski definition) is 2. The summed E-state index contributed by atoms with van der Waals surface area (Å²) >= 11 is 0.569. The van der Waals surface area contributed by atoms with Crippen molar-refractivity contribution in [3.63, 3.8) is 0 Å². The normalized spacial score (nSPS) is 11.0. The molecule has 0 bridgehead atoms. The van der Waals surface area contributed by atoms with Crippen LogP contribution in [0.1, 0.15) is 0 Å². The molecule has 0 saturated heterocycles. The standard InChI is InChI=1S/2C14H14OP.2ClH.Ni/c2*1-2-16(15,13-9-5-3-6-10-13)14-11-7-4-8-12-14;;;/h2*3-12H,1-2H2;2*1H;/q2*-1;;;+4/p-2. The van der Waals surface area contributed by atoms with Crippen LogP contribution >= 0.6 is 34.7 Å². The zero-order valence-corrected chi connectivity index (χ0v) is 23.4. The Morgan fingerprint density at radius 3 is 0.800 bits per heavy atom. The summed E-state index contributed by atoms with van der Waals surface area (Å²) in [5.74, 6) is 0. The molecule has 186 valence electrons. The summed E-state index contributed by atoms with van der Waals surface area (Å²) in [6.07, 6.45) is 0.835. The summed E-state index contributed by atoms with van der Waals surface area (Å²) in [7, 11) is 4.37. The van der Waals surface area contributed by atoms with Crippen molar-refractivity contribution in [3.05, 3.63) is 135 Å². The maximum atomic E-state index is 12.9. The first-order valence-corrected chi connectivity index (χ1v) is 17.3. The summed E-state index contributed by atoms with van der Waals surface area (Å²) in [6.45, 7) is 7.69. The Bertz CT molecular complexity index is 1020. The third kappa shape index (κ3) is 8.21. The predicted molar refractivity (Wildman–Crippen MR) is 152 cm³/mol. The van der Waals surface area contributed by atoms with Crippen molar-refractivity contribution in [2.75, 3.05) is 12.3 Å². The third-order valence-electron chi connectivity index (χ3n) is 5.32. The van der Waals surface area contributed by atoms with Gasteiger partial charge in [-0.05, 0) is 0 Å². The van der Waals surface area contributed by atoms with Crippen LogP contribution in [-0.2, 0) is 21.8 Å². The van der Waals surface area contributed by atoms with E-state index in [0.717, 1.165) is 21.2 Å². The molecule has 0 saturated carbocycles. The van der Waals surface area contributed by atoms with Gasteiger partial charge < -0.3 is 23.0 Å². The minimum absolute atomic E-state index is 0.418. The van der Waals surface area contributed by atoms with E-state index in [2.05, 4.69) is 13.8 Å². The Hall–Kier alpha value is -1.59. The molecular weight excluding hydrogens is 560 g/mol. The first-order valence-electron chi connectivity index (χ1n) is 10.8. The number of benzene rings is 4. The molecule has 0 unspecified atom stereocenters. The van der Waals surface area contributed by atoms with E-state index in [1.54, 1.807) is 0 Å². The molecule has 0 radical (unpaired) electrons. The number of halogens is 2. The van der Waals surface area contributed by atoms with Gasteiger partial charge in [0.05, 0.1) is 0 Å². The van der Waals surface area contributed by atoms with Crippen LogP contribution in [0.2, 0.25) is 0 Å². The van der Waals surface area contributed by atoms with E-state index in [9.17, 15) is 9.13 Å². The average molecular weight is 588 g/mol. The van der Waals surface area contributed by atoms with Gasteiger partial charge in [-0.25, -0.2) is 0 Å². The number of rotatable bonds is 6. The molecule has 0 atom stereocenters. The molecule has 0 aliphatic heterocycles. The molecule has 0 aliphatic carbocycles. The Balaban J connectivity index is 0.000000222. The molecule has 7 heteroatoms. The summed E-state index contributed by atoms with van der Waals surface area (Å²) in [5.41, 5.74) is 0. The quantitative estimate of drug-likeness (QED) is 0.138. The molecule has 4 aromatic rings. The van der Waals surface area contributed by atoms with E-state index >= 15 is 0 Å². The molecule has 0 fully saturated rings. The second-order valence-electron chi connectivity index (χ2n) is 7.31. The summed E-state index contributed by atoms with van der Waals surface area (Å²) in [4.78, 5) is 0. The molecule has 4 aromatic carbocycles. The average Bonchev–Trinajstić information content (AvgIpc) is 2.95. The second-order valence-corrected chi connectivity index (χ2v) is 14.9. The van der Waals surface area contributed by atoms with Gasteiger partial charge in [0, 0.05) is 21.2 Å². The molecule has 2 nitrogen and oxygen atoms in total. The first-order chi connectivity index (χ1) is 17.0. The van der Waals surface area contributed by atoms with Gasteiger partial charge in [-0.15, -0.1) is 12.3 Å². The fourth-order valence-corrected chi connectivity index (χ4v) is 7.73. The summed E-state index contributed by atoms with van der Waals surface area (Å²) < 4.78 is 25.8. The van der Waals surface area contributed by atoms with Crippen molar-refractivity contribution < 1.29 is 21.8 Å². The van der Waals surface area contributed by atoms with Gasteiger partial charge in [-0.2, -0.15) is 0 Å². The molecule has 0 N–H and O–H groups in total. The van der Waals surface area contributed by atoms with E-state index in [0.29, 0.717) is 25.0 Å². The Morgan fingerprint density at radius 2 is 0.657 bits per heavy atom. The van der Waals surface area contributed by atoms with Crippen molar-refractivity contribution in [2.45, 2.75) is 0 Å². The summed E-state index contributed by atoms with van der Waals surface area (Å²) in [5, 5.41) is 3.54. The van der Waals surface area contributed by atoms with Crippen molar-refractivity contribution in [1.29, 1.82) is 0 Å². The second kappa shape index (κ2) is 15.5. The molecule has 0 spiro atoms. The third-order valence-corrected chi connectivity index (χ3v) is 11.1. The molecule has 35 heavy (non-hydrogen) atoms. The van der Waals surface area contributed by atoms with Crippen LogP contribution < -0.4 is 21.2 Å². The predicted octanol–water partition coefficient (Wildman–Crippen LogP) is 7.05. The monoisotopic (exact) mass is 586 g/mol. The van der Waals surface area contributed by atoms with Gasteiger partial charge in [0.2, 0.25) is 0 Å².